The van der Waals surface area contributed by atoms with E-state index in [1.54, 1.807) is 11.3 Å². The van der Waals surface area contributed by atoms with Crippen LogP contribution in [-0.2, 0) is 12.8 Å². The zero-order chi connectivity index (χ0) is 17.3. The van der Waals surface area contributed by atoms with Crippen molar-refractivity contribution in [2.45, 2.75) is 65.8 Å². The first-order chi connectivity index (χ1) is 11.5. The second kappa shape index (κ2) is 7.36. The number of fused-ring (bicyclic) bond motifs is 3. The Balaban J connectivity index is 2.00. The standard InChI is InChI=1S/C19H29N3OS/c1-5-9-22(10-6-2)13(4)17-20-18(23)16-14-8-7-12(3)11-15(14)24-19(16)21-17/h12-13H,5-11H2,1-4H3,(H,20,21,23). The van der Waals surface area contributed by atoms with Gasteiger partial charge in [-0.15, -0.1) is 11.3 Å². The van der Waals surface area contributed by atoms with Crippen LogP contribution in [0.1, 0.15) is 69.3 Å². The molecule has 5 heteroatoms. The Morgan fingerprint density at radius 2 is 2.04 bits per heavy atom. The van der Waals surface area contributed by atoms with Gasteiger partial charge in [0.1, 0.15) is 10.7 Å². The van der Waals surface area contributed by atoms with Gasteiger partial charge < -0.3 is 4.98 Å². The van der Waals surface area contributed by atoms with Gasteiger partial charge in [0.2, 0.25) is 0 Å². The van der Waals surface area contributed by atoms with Crippen LogP contribution in [0.15, 0.2) is 4.79 Å². The lowest BCUT2D eigenvalue weighted by molar-refractivity contribution is 0.204. The Kier molecular flexibility index (Phi) is 5.40. The van der Waals surface area contributed by atoms with E-state index in [9.17, 15) is 4.79 Å². The van der Waals surface area contributed by atoms with Crippen LogP contribution in [0, 0.1) is 5.92 Å². The minimum atomic E-state index is 0.0573. The number of nitrogens with zero attached hydrogens (tertiary/aromatic N) is 2. The maximum Gasteiger partial charge on any atom is 0.259 e. The molecule has 0 spiro atoms. The van der Waals surface area contributed by atoms with Gasteiger partial charge in [0.05, 0.1) is 11.4 Å². The average molecular weight is 348 g/mol. The average Bonchev–Trinajstić information content (AvgIpc) is 2.91. The van der Waals surface area contributed by atoms with Crippen molar-refractivity contribution in [3.8, 4) is 0 Å². The van der Waals surface area contributed by atoms with Gasteiger partial charge in [-0.25, -0.2) is 4.98 Å². The van der Waals surface area contributed by atoms with E-state index in [0.717, 1.165) is 54.8 Å². The topological polar surface area (TPSA) is 49.0 Å². The highest BCUT2D eigenvalue weighted by atomic mass is 32.1. The first-order valence-electron chi connectivity index (χ1n) is 9.33. The predicted octanol–water partition coefficient (Wildman–Crippen LogP) is 4.29. The lowest BCUT2D eigenvalue weighted by Crippen LogP contribution is -2.31. The molecule has 0 saturated carbocycles. The van der Waals surface area contributed by atoms with Crippen molar-refractivity contribution in [3.63, 3.8) is 0 Å². The van der Waals surface area contributed by atoms with Crippen LogP contribution in [-0.4, -0.2) is 28.0 Å². The molecule has 0 bridgehead atoms. The van der Waals surface area contributed by atoms with Gasteiger partial charge in [-0.3, -0.25) is 9.69 Å². The van der Waals surface area contributed by atoms with Crippen LogP contribution in [0.3, 0.4) is 0 Å². The summed E-state index contributed by atoms with van der Waals surface area (Å²) in [5.41, 5.74) is 1.32. The molecular formula is C19H29N3OS. The number of H-pyrrole nitrogens is 1. The highest BCUT2D eigenvalue weighted by Crippen LogP contribution is 2.36. The molecule has 0 aliphatic heterocycles. The molecule has 0 amide bonds. The summed E-state index contributed by atoms with van der Waals surface area (Å²) in [6, 6.07) is 0.153. The van der Waals surface area contributed by atoms with Crippen molar-refractivity contribution < 1.29 is 0 Å². The normalized spacial score (nSPS) is 19.0. The van der Waals surface area contributed by atoms with Gasteiger partial charge in [-0.05, 0) is 63.6 Å². The smallest absolute Gasteiger partial charge is 0.259 e. The molecule has 1 aliphatic rings. The van der Waals surface area contributed by atoms with E-state index in [-0.39, 0.29) is 11.6 Å². The Morgan fingerprint density at radius 3 is 2.71 bits per heavy atom. The van der Waals surface area contributed by atoms with Crippen LogP contribution in [0.5, 0.6) is 0 Å². The third kappa shape index (κ3) is 3.29. The maximum absolute atomic E-state index is 12.7. The lowest BCUT2D eigenvalue weighted by Gasteiger charge is -2.27. The van der Waals surface area contributed by atoms with Crippen LogP contribution in [0.2, 0.25) is 0 Å². The van der Waals surface area contributed by atoms with Crippen LogP contribution in [0.25, 0.3) is 10.2 Å². The first kappa shape index (κ1) is 17.6. The minimum Gasteiger partial charge on any atom is -0.309 e. The molecule has 2 atom stereocenters. The van der Waals surface area contributed by atoms with Gasteiger partial charge >= 0.3 is 0 Å². The summed E-state index contributed by atoms with van der Waals surface area (Å²) >= 11 is 1.74. The van der Waals surface area contributed by atoms with E-state index in [0.29, 0.717) is 5.92 Å². The van der Waals surface area contributed by atoms with Gasteiger partial charge in [-0.2, -0.15) is 0 Å². The molecule has 24 heavy (non-hydrogen) atoms. The van der Waals surface area contributed by atoms with E-state index in [4.69, 9.17) is 4.98 Å². The molecule has 4 nitrogen and oxygen atoms in total. The molecule has 0 aromatic carbocycles. The number of nitrogens with one attached hydrogen (secondary N) is 1. The Labute approximate surface area is 148 Å². The molecule has 2 unspecified atom stereocenters. The summed E-state index contributed by atoms with van der Waals surface area (Å²) in [6.45, 7) is 10.9. The molecule has 2 aromatic heterocycles. The molecule has 2 aromatic rings. The van der Waals surface area contributed by atoms with Gasteiger partial charge in [0.25, 0.3) is 5.56 Å². The van der Waals surface area contributed by atoms with Crippen molar-refractivity contribution in [2.24, 2.45) is 5.92 Å². The minimum absolute atomic E-state index is 0.0573. The molecule has 3 rings (SSSR count). The van der Waals surface area contributed by atoms with Crippen LogP contribution >= 0.6 is 11.3 Å². The van der Waals surface area contributed by atoms with Crippen molar-refractivity contribution in [1.29, 1.82) is 0 Å². The number of aromatic nitrogens is 2. The molecule has 1 aliphatic carbocycles. The van der Waals surface area contributed by atoms with E-state index >= 15 is 0 Å². The molecule has 2 heterocycles. The summed E-state index contributed by atoms with van der Waals surface area (Å²) in [6.07, 6.45) is 5.52. The summed E-state index contributed by atoms with van der Waals surface area (Å²) < 4.78 is 0. The molecule has 0 fully saturated rings. The highest BCUT2D eigenvalue weighted by Gasteiger charge is 2.24. The molecule has 1 N–H and O–H groups in total. The quantitative estimate of drug-likeness (QED) is 0.848. The summed E-state index contributed by atoms with van der Waals surface area (Å²) in [5, 5.41) is 0.857. The Hall–Kier alpha value is -1.20. The lowest BCUT2D eigenvalue weighted by atomic mass is 9.89. The molecular weight excluding hydrogens is 318 g/mol. The van der Waals surface area contributed by atoms with E-state index in [1.165, 1.54) is 16.9 Å². The molecule has 132 valence electrons. The van der Waals surface area contributed by atoms with Gasteiger partial charge in [-0.1, -0.05) is 20.8 Å². The van der Waals surface area contributed by atoms with E-state index < -0.39 is 0 Å². The number of thiophene rings is 1. The fourth-order valence-electron chi connectivity index (χ4n) is 3.81. The van der Waals surface area contributed by atoms with Crippen molar-refractivity contribution in [2.75, 3.05) is 13.1 Å². The zero-order valence-electron chi connectivity index (χ0n) is 15.3. The van der Waals surface area contributed by atoms with Crippen molar-refractivity contribution >= 4 is 21.6 Å². The first-order valence-corrected chi connectivity index (χ1v) is 10.1. The second-order valence-corrected chi connectivity index (χ2v) is 8.28. The number of hydrogen-bond acceptors (Lipinski definition) is 4. The van der Waals surface area contributed by atoms with Gasteiger partial charge in [0.15, 0.2) is 0 Å². The number of aryl methyl sites for hydroxylation is 1. The summed E-state index contributed by atoms with van der Waals surface area (Å²) in [4.78, 5) is 25.4. The fourth-order valence-corrected chi connectivity index (χ4v) is 5.20. The van der Waals surface area contributed by atoms with Crippen molar-refractivity contribution in [3.05, 3.63) is 26.6 Å². The van der Waals surface area contributed by atoms with Crippen LogP contribution < -0.4 is 5.56 Å². The zero-order valence-corrected chi connectivity index (χ0v) is 16.1. The number of rotatable bonds is 6. The summed E-state index contributed by atoms with van der Waals surface area (Å²) in [5.74, 6) is 1.54. The molecule has 0 saturated heterocycles. The monoisotopic (exact) mass is 347 g/mol. The molecule has 0 radical (unpaired) electrons. The second-order valence-electron chi connectivity index (χ2n) is 7.20. The third-order valence-corrected chi connectivity index (χ3v) is 6.30. The maximum atomic E-state index is 12.7. The predicted molar refractivity (Wildman–Crippen MR) is 102 cm³/mol. The number of hydrogen-bond donors (Lipinski definition) is 1. The Bertz CT molecular complexity index is 758. The largest absolute Gasteiger partial charge is 0.309 e. The fraction of sp³-hybridized carbons (Fsp3) is 0.684. The summed E-state index contributed by atoms with van der Waals surface area (Å²) in [7, 11) is 0. The highest BCUT2D eigenvalue weighted by molar-refractivity contribution is 7.18. The van der Waals surface area contributed by atoms with Gasteiger partial charge in [0, 0.05) is 4.88 Å². The van der Waals surface area contributed by atoms with E-state index in [1.807, 2.05) is 0 Å². The Morgan fingerprint density at radius 1 is 1.33 bits per heavy atom. The van der Waals surface area contributed by atoms with E-state index in [2.05, 4.69) is 37.6 Å². The third-order valence-electron chi connectivity index (χ3n) is 5.15. The van der Waals surface area contributed by atoms with Crippen LogP contribution in [0.4, 0.5) is 0 Å². The van der Waals surface area contributed by atoms with Crippen molar-refractivity contribution in [1.82, 2.24) is 14.9 Å². The SMILES string of the molecule is CCCN(CCC)C(C)c1nc2sc3c(c2c(=O)[nH]1)CCC(C)C3. The number of aromatic amines is 1.